The normalized spacial score (nSPS) is 22.1. The molecule has 1 atom stereocenters. The van der Waals surface area contributed by atoms with E-state index in [-0.39, 0.29) is 0 Å². The van der Waals surface area contributed by atoms with Gasteiger partial charge >= 0.3 is 0 Å². The number of ether oxygens (including phenoxy) is 1. The van der Waals surface area contributed by atoms with Crippen LogP contribution in [0.1, 0.15) is 12.6 Å². The monoisotopic (exact) mass is 150 g/mol. The lowest BCUT2D eigenvalue weighted by Gasteiger charge is -2.20. The second kappa shape index (κ2) is 2.49. The van der Waals surface area contributed by atoms with E-state index in [1.165, 1.54) is 0 Å². The highest BCUT2D eigenvalue weighted by atomic mass is 16.5. The molecule has 0 aliphatic carbocycles. The molecule has 1 aromatic rings. The van der Waals surface area contributed by atoms with Crippen molar-refractivity contribution in [3.05, 3.63) is 18.2 Å². The molecule has 0 aromatic carbocycles. The molecule has 0 saturated carbocycles. The molecule has 1 aliphatic heterocycles. The Kier molecular flexibility index (Phi) is 1.49. The van der Waals surface area contributed by atoms with Crippen LogP contribution in [0.2, 0.25) is 0 Å². The van der Waals surface area contributed by atoms with E-state index in [1.54, 1.807) is 12.5 Å². The van der Waals surface area contributed by atoms with Crippen molar-refractivity contribution in [1.29, 1.82) is 0 Å². The Balaban J connectivity index is 2.34. The first-order chi connectivity index (χ1) is 5.36. The van der Waals surface area contributed by atoms with E-state index in [2.05, 4.69) is 16.9 Å². The van der Waals surface area contributed by atoms with Crippen molar-refractivity contribution in [1.82, 2.24) is 9.97 Å². The average molecular weight is 150 g/mol. The van der Waals surface area contributed by atoms with Crippen molar-refractivity contribution in [2.75, 3.05) is 6.61 Å². The Morgan fingerprint density at radius 1 is 1.64 bits per heavy atom. The number of nitrogens with zero attached hydrogens (tertiary/aromatic N) is 2. The first-order valence-corrected chi connectivity index (χ1v) is 3.78. The molecular formula is C8H10N2O. The van der Waals surface area contributed by atoms with Crippen molar-refractivity contribution in [2.24, 2.45) is 5.92 Å². The van der Waals surface area contributed by atoms with Gasteiger partial charge in [-0.05, 0) is 12.3 Å². The first-order valence-electron chi connectivity index (χ1n) is 3.78. The Bertz CT molecular complexity index is 262. The van der Waals surface area contributed by atoms with Gasteiger partial charge in [0.05, 0.1) is 18.5 Å². The van der Waals surface area contributed by atoms with E-state index in [9.17, 15) is 0 Å². The average Bonchev–Trinajstić information content (AvgIpc) is 2.04. The number of fused-ring (bicyclic) bond motifs is 1. The fourth-order valence-electron chi connectivity index (χ4n) is 1.24. The molecule has 3 nitrogen and oxygen atoms in total. The van der Waals surface area contributed by atoms with Crippen molar-refractivity contribution in [2.45, 2.75) is 13.3 Å². The molecule has 2 rings (SSSR count). The van der Waals surface area contributed by atoms with Crippen LogP contribution in [0, 0.1) is 5.92 Å². The van der Waals surface area contributed by atoms with Crippen LogP contribution in [0.3, 0.4) is 0 Å². The number of hydrogen-bond acceptors (Lipinski definition) is 3. The van der Waals surface area contributed by atoms with Gasteiger partial charge in [-0.15, -0.1) is 0 Å². The lowest BCUT2D eigenvalue weighted by atomic mass is 10.0. The summed E-state index contributed by atoms with van der Waals surface area (Å²) in [5, 5.41) is 0. The minimum atomic E-state index is 0.581. The van der Waals surface area contributed by atoms with E-state index >= 15 is 0 Å². The Hall–Kier alpha value is -1.12. The summed E-state index contributed by atoms with van der Waals surface area (Å²) in [6, 6.07) is 0. The summed E-state index contributed by atoms with van der Waals surface area (Å²) in [4.78, 5) is 8.02. The summed E-state index contributed by atoms with van der Waals surface area (Å²) in [6.07, 6.45) is 4.31. The van der Waals surface area contributed by atoms with Crippen molar-refractivity contribution in [3.63, 3.8) is 0 Å². The molecule has 0 fully saturated rings. The summed E-state index contributed by atoms with van der Waals surface area (Å²) >= 11 is 0. The van der Waals surface area contributed by atoms with Crippen molar-refractivity contribution in [3.8, 4) is 5.75 Å². The van der Waals surface area contributed by atoms with E-state index in [1.807, 2.05) is 0 Å². The highest BCUT2D eigenvalue weighted by Gasteiger charge is 2.16. The molecule has 2 heterocycles. The first kappa shape index (κ1) is 6.58. The molecule has 0 bridgehead atoms. The van der Waals surface area contributed by atoms with Gasteiger partial charge in [0.25, 0.3) is 0 Å². The zero-order valence-electron chi connectivity index (χ0n) is 6.45. The molecule has 58 valence electrons. The molecule has 0 amide bonds. The highest BCUT2D eigenvalue weighted by molar-refractivity contribution is 5.25. The third-order valence-electron chi connectivity index (χ3n) is 1.82. The van der Waals surface area contributed by atoms with E-state index in [0.29, 0.717) is 5.92 Å². The minimum absolute atomic E-state index is 0.581. The molecule has 0 radical (unpaired) electrons. The van der Waals surface area contributed by atoms with Crippen LogP contribution in [0.15, 0.2) is 12.5 Å². The molecule has 1 aliphatic rings. The second-order valence-corrected chi connectivity index (χ2v) is 2.95. The summed E-state index contributed by atoms with van der Waals surface area (Å²) < 4.78 is 5.41. The quantitative estimate of drug-likeness (QED) is 0.554. The topological polar surface area (TPSA) is 35.0 Å². The van der Waals surface area contributed by atoms with Crippen LogP contribution < -0.4 is 4.74 Å². The van der Waals surface area contributed by atoms with Crippen molar-refractivity contribution >= 4 is 0 Å². The number of hydrogen-bond donors (Lipinski definition) is 0. The maximum absolute atomic E-state index is 5.41. The van der Waals surface area contributed by atoms with Gasteiger partial charge in [0.15, 0.2) is 5.75 Å². The summed E-state index contributed by atoms with van der Waals surface area (Å²) in [6.45, 7) is 2.95. The summed E-state index contributed by atoms with van der Waals surface area (Å²) in [7, 11) is 0. The molecule has 0 spiro atoms. The molecule has 3 heteroatoms. The molecule has 0 saturated heterocycles. The third kappa shape index (κ3) is 1.18. The van der Waals surface area contributed by atoms with Crippen LogP contribution in [0.4, 0.5) is 0 Å². The zero-order valence-corrected chi connectivity index (χ0v) is 6.45. The number of aromatic nitrogens is 2. The molecule has 11 heavy (non-hydrogen) atoms. The van der Waals surface area contributed by atoms with Crippen molar-refractivity contribution < 1.29 is 4.74 Å². The van der Waals surface area contributed by atoms with Crippen LogP contribution in [-0.4, -0.2) is 16.6 Å². The van der Waals surface area contributed by atoms with E-state index in [0.717, 1.165) is 24.5 Å². The zero-order chi connectivity index (χ0) is 7.68. The van der Waals surface area contributed by atoms with Crippen LogP contribution in [-0.2, 0) is 6.42 Å². The molecule has 1 unspecified atom stereocenters. The maximum atomic E-state index is 5.41. The minimum Gasteiger partial charge on any atom is -0.490 e. The Labute approximate surface area is 65.4 Å². The second-order valence-electron chi connectivity index (χ2n) is 2.95. The lowest BCUT2D eigenvalue weighted by Crippen LogP contribution is -2.19. The highest BCUT2D eigenvalue weighted by Crippen LogP contribution is 2.23. The van der Waals surface area contributed by atoms with Crippen LogP contribution in [0.25, 0.3) is 0 Å². The third-order valence-corrected chi connectivity index (χ3v) is 1.82. The molecular weight excluding hydrogens is 140 g/mol. The molecule has 1 aromatic heterocycles. The maximum Gasteiger partial charge on any atom is 0.159 e. The predicted molar refractivity (Wildman–Crippen MR) is 40.4 cm³/mol. The van der Waals surface area contributed by atoms with Gasteiger partial charge in [-0.3, -0.25) is 0 Å². The number of rotatable bonds is 0. The van der Waals surface area contributed by atoms with E-state index < -0.39 is 0 Å². The lowest BCUT2D eigenvalue weighted by molar-refractivity contribution is 0.229. The van der Waals surface area contributed by atoms with Gasteiger partial charge in [0, 0.05) is 0 Å². The van der Waals surface area contributed by atoms with Crippen LogP contribution in [0.5, 0.6) is 5.75 Å². The fourth-order valence-corrected chi connectivity index (χ4v) is 1.24. The van der Waals surface area contributed by atoms with Gasteiger partial charge in [0.2, 0.25) is 0 Å². The summed E-state index contributed by atoms with van der Waals surface area (Å²) in [5.74, 6) is 1.43. The smallest absolute Gasteiger partial charge is 0.159 e. The fraction of sp³-hybridized carbons (Fsp3) is 0.500. The van der Waals surface area contributed by atoms with Gasteiger partial charge in [0.1, 0.15) is 6.33 Å². The SMILES string of the molecule is CC1COc2cncnc2C1. The van der Waals surface area contributed by atoms with Gasteiger partial charge < -0.3 is 4.74 Å². The van der Waals surface area contributed by atoms with Gasteiger partial charge in [-0.25, -0.2) is 9.97 Å². The molecule has 0 N–H and O–H groups in total. The Morgan fingerprint density at radius 2 is 2.55 bits per heavy atom. The standard InChI is InChI=1S/C8H10N2O/c1-6-2-7-8(11-4-6)3-9-5-10-7/h3,5-6H,2,4H2,1H3. The Morgan fingerprint density at radius 3 is 3.45 bits per heavy atom. The largest absolute Gasteiger partial charge is 0.490 e. The van der Waals surface area contributed by atoms with Gasteiger partial charge in [-0.2, -0.15) is 0 Å². The summed E-state index contributed by atoms with van der Waals surface area (Å²) in [5.41, 5.74) is 1.04. The van der Waals surface area contributed by atoms with E-state index in [4.69, 9.17) is 4.74 Å². The predicted octanol–water partition coefficient (Wildman–Crippen LogP) is 1.05. The van der Waals surface area contributed by atoms with Gasteiger partial charge in [-0.1, -0.05) is 6.92 Å². The van der Waals surface area contributed by atoms with Crippen LogP contribution >= 0.6 is 0 Å².